The zero-order valence-corrected chi connectivity index (χ0v) is 12.0. The number of carbonyl (C=O) groups excluding carboxylic acids is 1. The normalized spacial score (nSPS) is 28.8. The summed E-state index contributed by atoms with van der Waals surface area (Å²) < 4.78 is 22.9. The summed E-state index contributed by atoms with van der Waals surface area (Å²) >= 11 is 1.92. The highest BCUT2D eigenvalue weighted by Gasteiger charge is 2.26. The van der Waals surface area contributed by atoms with Gasteiger partial charge in [-0.05, 0) is 24.3 Å². The van der Waals surface area contributed by atoms with E-state index in [4.69, 9.17) is 0 Å². The Labute approximate surface area is 112 Å². The van der Waals surface area contributed by atoms with Crippen molar-refractivity contribution in [1.82, 2.24) is 10.6 Å². The summed E-state index contributed by atoms with van der Waals surface area (Å²) in [6.45, 7) is 0.459. The van der Waals surface area contributed by atoms with Gasteiger partial charge in [0.1, 0.15) is 0 Å². The molecule has 0 radical (unpaired) electrons. The van der Waals surface area contributed by atoms with E-state index in [1.54, 1.807) is 0 Å². The van der Waals surface area contributed by atoms with E-state index in [1.165, 1.54) is 0 Å². The highest BCUT2D eigenvalue weighted by Crippen LogP contribution is 2.17. The third-order valence-electron chi connectivity index (χ3n) is 3.32. The first-order valence-corrected chi connectivity index (χ1v) is 9.34. The van der Waals surface area contributed by atoms with Gasteiger partial charge in [0.15, 0.2) is 9.84 Å². The maximum Gasteiger partial charge on any atom is 0.221 e. The van der Waals surface area contributed by atoms with Crippen LogP contribution in [-0.2, 0) is 14.6 Å². The third kappa shape index (κ3) is 4.44. The molecule has 1 amide bonds. The number of thioether (sulfide) groups is 1. The molecule has 2 saturated heterocycles. The van der Waals surface area contributed by atoms with Crippen LogP contribution in [0.1, 0.15) is 19.3 Å². The largest absolute Gasteiger partial charge is 0.353 e. The van der Waals surface area contributed by atoms with Crippen molar-refractivity contribution in [3.63, 3.8) is 0 Å². The fraction of sp³-hybridized carbons (Fsp3) is 0.909. The monoisotopic (exact) mass is 292 g/mol. The van der Waals surface area contributed by atoms with Crippen LogP contribution in [0.5, 0.6) is 0 Å². The van der Waals surface area contributed by atoms with E-state index in [2.05, 4.69) is 10.6 Å². The Morgan fingerprint density at radius 2 is 2.06 bits per heavy atom. The van der Waals surface area contributed by atoms with E-state index in [1.807, 2.05) is 11.8 Å². The number of rotatable bonds is 3. The van der Waals surface area contributed by atoms with Crippen molar-refractivity contribution in [2.45, 2.75) is 31.3 Å². The molecule has 0 aromatic carbocycles. The number of sulfone groups is 1. The van der Waals surface area contributed by atoms with Crippen molar-refractivity contribution in [2.24, 2.45) is 0 Å². The molecule has 1 unspecified atom stereocenters. The second-order valence-corrected chi connectivity index (χ2v) is 8.38. The Hall–Kier alpha value is -0.270. The van der Waals surface area contributed by atoms with Gasteiger partial charge in [-0.15, -0.1) is 0 Å². The minimum absolute atomic E-state index is 0.0264. The molecule has 0 aromatic heterocycles. The molecule has 104 valence electrons. The topological polar surface area (TPSA) is 75.3 Å². The predicted molar refractivity (Wildman–Crippen MR) is 73.6 cm³/mol. The third-order valence-corrected chi connectivity index (χ3v) is 6.10. The number of hydrogen-bond donors (Lipinski definition) is 2. The van der Waals surface area contributed by atoms with Gasteiger partial charge in [0.2, 0.25) is 5.91 Å². The first-order valence-electron chi connectivity index (χ1n) is 6.36. The van der Waals surface area contributed by atoms with Crippen LogP contribution in [0, 0.1) is 0 Å². The van der Waals surface area contributed by atoms with Crippen LogP contribution in [0.25, 0.3) is 0 Å². The molecule has 0 bridgehead atoms. The van der Waals surface area contributed by atoms with Gasteiger partial charge >= 0.3 is 0 Å². The minimum atomic E-state index is -2.96. The van der Waals surface area contributed by atoms with Gasteiger partial charge in [0.25, 0.3) is 0 Å². The van der Waals surface area contributed by atoms with Gasteiger partial charge in [-0.3, -0.25) is 4.79 Å². The summed E-state index contributed by atoms with van der Waals surface area (Å²) in [5.74, 6) is 2.44. The SMILES string of the molecule is O=C(CC1CS(=O)(=O)CCN1)NC1CCSCC1. The molecule has 0 aliphatic carbocycles. The van der Waals surface area contributed by atoms with Crippen molar-refractivity contribution in [2.75, 3.05) is 29.6 Å². The molecular weight excluding hydrogens is 272 g/mol. The molecule has 2 N–H and O–H groups in total. The Kier molecular flexibility index (Phi) is 4.91. The Morgan fingerprint density at radius 3 is 2.72 bits per heavy atom. The summed E-state index contributed by atoms with van der Waals surface area (Å²) in [5, 5.41) is 6.11. The van der Waals surface area contributed by atoms with Crippen molar-refractivity contribution >= 4 is 27.5 Å². The quantitative estimate of drug-likeness (QED) is 0.752. The zero-order valence-electron chi connectivity index (χ0n) is 10.4. The number of hydrogen-bond acceptors (Lipinski definition) is 5. The van der Waals surface area contributed by atoms with Gasteiger partial charge < -0.3 is 10.6 Å². The van der Waals surface area contributed by atoms with Gasteiger partial charge in [-0.2, -0.15) is 11.8 Å². The second kappa shape index (κ2) is 6.25. The Balaban J connectivity index is 1.76. The van der Waals surface area contributed by atoms with Gasteiger partial charge in [-0.1, -0.05) is 0 Å². The van der Waals surface area contributed by atoms with Crippen molar-refractivity contribution < 1.29 is 13.2 Å². The molecule has 5 nitrogen and oxygen atoms in total. The number of nitrogens with one attached hydrogen (secondary N) is 2. The van der Waals surface area contributed by atoms with Crippen LogP contribution in [0.3, 0.4) is 0 Å². The Morgan fingerprint density at radius 1 is 1.33 bits per heavy atom. The average molecular weight is 292 g/mol. The number of amides is 1. The summed E-state index contributed by atoms with van der Waals surface area (Å²) in [6.07, 6.45) is 2.31. The van der Waals surface area contributed by atoms with E-state index in [0.717, 1.165) is 24.3 Å². The van der Waals surface area contributed by atoms with Crippen molar-refractivity contribution in [3.05, 3.63) is 0 Å². The summed E-state index contributed by atoms with van der Waals surface area (Å²) in [4.78, 5) is 11.8. The maximum atomic E-state index is 11.8. The molecule has 0 spiro atoms. The predicted octanol–water partition coefficient (Wildman–Crippen LogP) is -0.225. The van der Waals surface area contributed by atoms with E-state index in [-0.39, 0.29) is 35.9 Å². The zero-order chi connectivity index (χ0) is 13.0. The maximum absolute atomic E-state index is 11.8. The molecule has 2 rings (SSSR count). The van der Waals surface area contributed by atoms with Crippen molar-refractivity contribution in [3.8, 4) is 0 Å². The van der Waals surface area contributed by atoms with E-state index in [0.29, 0.717) is 6.54 Å². The van der Waals surface area contributed by atoms with E-state index >= 15 is 0 Å². The molecule has 2 fully saturated rings. The van der Waals surface area contributed by atoms with E-state index < -0.39 is 9.84 Å². The molecule has 18 heavy (non-hydrogen) atoms. The molecule has 7 heteroatoms. The van der Waals surface area contributed by atoms with Gasteiger partial charge in [-0.25, -0.2) is 8.42 Å². The van der Waals surface area contributed by atoms with Crippen LogP contribution < -0.4 is 10.6 Å². The highest BCUT2D eigenvalue weighted by atomic mass is 32.2. The Bertz CT molecular complexity index is 391. The standard InChI is InChI=1S/C11H20N2O3S2/c14-11(13-9-1-4-17-5-2-9)7-10-8-18(15,16)6-3-12-10/h9-10,12H,1-8H2,(H,13,14). The van der Waals surface area contributed by atoms with Crippen LogP contribution in [0.15, 0.2) is 0 Å². The molecule has 0 aromatic rings. The number of carbonyl (C=O) groups is 1. The second-order valence-electron chi connectivity index (χ2n) is 4.92. The lowest BCUT2D eigenvalue weighted by Gasteiger charge is -2.26. The lowest BCUT2D eigenvalue weighted by atomic mass is 10.1. The lowest BCUT2D eigenvalue weighted by molar-refractivity contribution is -0.122. The van der Waals surface area contributed by atoms with Crippen molar-refractivity contribution in [1.29, 1.82) is 0 Å². The fourth-order valence-corrected chi connectivity index (χ4v) is 4.90. The highest BCUT2D eigenvalue weighted by molar-refractivity contribution is 7.99. The van der Waals surface area contributed by atoms with Crippen LogP contribution in [-0.4, -0.2) is 56.0 Å². The van der Waals surface area contributed by atoms with Gasteiger partial charge in [0.05, 0.1) is 11.5 Å². The summed E-state index contributed by atoms with van der Waals surface area (Å²) in [6, 6.07) is 0.0562. The van der Waals surface area contributed by atoms with Crippen LogP contribution >= 0.6 is 11.8 Å². The molecule has 0 saturated carbocycles. The minimum Gasteiger partial charge on any atom is -0.353 e. The molecule has 2 aliphatic heterocycles. The average Bonchev–Trinajstić information content (AvgIpc) is 2.28. The van der Waals surface area contributed by atoms with E-state index in [9.17, 15) is 13.2 Å². The smallest absolute Gasteiger partial charge is 0.221 e. The summed E-state index contributed by atoms with van der Waals surface area (Å²) in [5.41, 5.74) is 0. The van der Waals surface area contributed by atoms with Gasteiger partial charge in [0, 0.05) is 25.0 Å². The fourth-order valence-electron chi connectivity index (χ4n) is 2.35. The van der Waals surface area contributed by atoms with Crippen LogP contribution in [0.2, 0.25) is 0 Å². The molecule has 2 heterocycles. The molecular formula is C11H20N2O3S2. The lowest BCUT2D eigenvalue weighted by Crippen LogP contribution is -2.48. The summed E-state index contributed by atoms with van der Waals surface area (Å²) in [7, 11) is -2.96. The first-order chi connectivity index (χ1) is 8.55. The molecule has 2 aliphatic rings. The molecule has 1 atom stereocenters. The first kappa shape index (κ1) is 14.1. The van der Waals surface area contributed by atoms with Crippen LogP contribution in [0.4, 0.5) is 0 Å².